The summed E-state index contributed by atoms with van der Waals surface area (Å²) in [4.78, 5) is 2.54. The molecule has 4 unspecified atom stereocenters. The summed E-state index contributed by atoms with van der Waals surface area (Å²) in [7, 11) is 0. The first kappa shape index (κ1) is 10.8. The van der Waals surface area contributed by atoms with Gasteiger partial charge in [-0.15, -0.1) is 0 Å². The average molecular weight is 226 g/mol. The normalized spacial score (nSPS) is 35.5. The first-order chi connectivity index (χ1) is 8.38. The van der Waals surface area contributed by atoms with Gasteiger partial charge in [-0.2, -0.15) is 5.26 Å². The van der Waals surface area contributed by atoms with Crippen LogP contribution in [-0.4, -0.2) is 24.5 Å². The van der Waals surface area contributed by atoms with Gasteiger partial charge < -0.3 is 4.90 Å². The SMILES string of the molecule is N#CCC1CN2CCC1C(c1ccccc1)C2. The molecule has 3 aliphatic heterocycles. The Bertz CT molecular complexity index is 420. The van der Waals surface area contributed by atoms with E-state index in [1.807, 2.05) is 0 Å². The highest BCUT2D eigenvalue weighted by Gasteiger charge is 2.41. The minimum absolute atomic E-state index is 0.590. The molecular weight excluding hydrogens is 208 g/mol. The minimum Gasteiger partial charge on any atom is -0.302 e. The zero-order valence-electron chi connectivity index (χ0n) is 10.0. The summed E-state index contributed by atoms with van der Waals surface area (Å²) in [6.45, 7) is 3.56. The van der Waals surface area contributed by atoms with E-state index >= 15 is 0 Å². The Kier molecular flexibility index (Phi) is 2.86. The van der Waals surface area contributed by atoms with Crippen molar-refractivity contribution in [3.05, 3.63) is 35.9 Å². The third kappa shape index (κ3) is 1.96. The Hall–Kier alpha value is -1.33. The molecule has 0 amide bonds. The second-order valence-electron chi connectivity index (χ2n) is 5.35. The van der Waals surface area contributed by atoms with Gasteiger partial charge in [-0.1, -0.05) is 30.3 Å². The van der Waals surface area contributed by atoms with Gasteiger partial charge in [0.05, 0.1) is 6.07 Å². The van der Waals surface area contributed by atoms with E-state index in [9.17, 15) is 0 Å². The van der Waals surface area contributed by atoms with Crippen LogP contribution in [-0.2, 0) is 0 Å². The number of piperidine rings is 3. The number of nitrogens with zero attached hydrogens (tertiary/aromatic N) is 2. The fourth-order valence-electron chi connectivity index (χ4n) is 3.62. The van der Waals surface area contributed by atoms with Crippen molar-refractivity contribution in [2.24, 2.45) is 11.8 Å². The van der Waals surface area contributed by atoms with Gasteiger partial charge in [0.2, 0.25) is 0 Å². The zero-order chi connectivity index (χ0) is 11.7. The van der Waals surface area contributed by atoms with Gasteiger partial charge in [-0.05, 0) is 36.3 Å². The first-order valence-corrected chi connectivity index (χ1v) is 6.52. The molecule has 3 heterocycles. The lowest BCUT2D eigenvalue weighted by atomic mass is 9.69. The van der Waals surface area contributed by atoms with Gasteiger partial charge in [-0.25, -0.2) is 0 Å². The van der Waals surface area contributed by atoms with Gasteiger partial charge in [0.1, 0.15) is 0 Å². The number of rotatable bonds is 2. The van der Waals surface area contributed by atoms with Crippen molar-refractivity contribution in [3.8, 4) is 6.07 Å². The van der Waals surface area contributed by atoms with Crippen LogP contribution in [0.15, 0.2) is 30.3 Å². The van der Waals surface area contributed by atoms with Gasteiger partial charge in [0, 0.05) is 19.5 Å². The Labute approximate surface area is 103 Å². The third-order valence-electron chi connectivity index (χ3n) is 4.43. The van der Waals surface area contributed by atoms with E-state index in [2.05, 4.69) is 41.3 Å². The van der Waals surface area contributed by atoms with Crippen molar-refractivity contribution in [3.63, 3.8) is 0 Å². The Morgan fingerprint density at radius 3 is 2.76 bits per heavy atom. The van der Waals surface area contributed by atoms with E-state index in [0.29, 0.717) is 11.8 Å². The second kappa shape index (κ2) is 4.50. The molecule has 2 heteroatoms. The van der Waals surface area contributed by atoms with Crippen LogP contribution in [0.5, 0.6) is 0 Å². The highest BCUT2D eigenvalue weighted by molar-refractivity contribution is 5.23. The molecule has 2 bridgehead atoms. The van der Waals surface area contributed by atoms with Crippen LogP contribution in [0.4, 0.5) is 0 Å². The summed E-state index contributed by atoms with van der Waals surface area (Å²) in [5.41, 5.74) is 1.46. The highest BCUT2D eigenvalue weighted by atomic mass is 15.2. The van der Waals surface area contributed by atoms with Crippen LogP contribution in [0.3, 0.4) is 0 Å². The fourth-order valence-corrected chi connectivity index (χ4v) is 3.62. The van der Waals surface area contributed by atoms with Crippen molar-refractivity contribution in [2.45, 2.75) is 18.8 Å². The maximum absolute atomic E-state index is 8.93. The maximum Gasteiger partial charge on any atom is 0.0625 e. The molecule has 0 aliphatic carbocycles. The molecule has 1 aromatic carbocycles. The molecule has 4 atom stereocenters. The van der Waals surface area contributed by atoms with E-state index in [0.717, 1.165) is 18.9 Å². The van der Waals surface area contributed by atoms with E-state index in [4.69, 9.17) is 5.26 Å². The van der Waals surface area contributed by atoms with Crippen LogP contribution >= 0.6 is 0 Å². The van der Waals surface area contributed by atoms with Gasteiger partial charge in [0.25, 0.3) is 0 Å². The zero-order valence-corrected chi connectivity index (χ0v) is 10.0. The summed E-state index contributed by atoms with van der Waals surface area (Å²) in [5.74, 6) is 1.96. The standard InChI is InChI=1S/C15H18N2/c16-8-6-13-10-17-9-7-14(13)15(11-17)12-4-2-1-3-5-12/h1-5,13-15H,6-7,9-11H2. The number of benzene rings is 1. The molecule has 17 heavy (non-hydrogen) atoms. The lowest BCUT2D eigenvalue weighted by molar-refractivity contribution is 0.0320. The lowest BCUT2D eigenvalue weighted by Crippen LogP contribution is -2.51. The summed E-state index contributed by atoms with van der Waals surface area (Å²) < 4.78 is 0. The largest absolute Gasteiger partial charge is 0.302 e. The van der Waals surface area contributed by atoms with Gasteiger partial charge in [-0.3, -0.25) is 0 Å². The van der Waals surface area contributed by atoms with Crippen molar-refractivity contribution in [1.29, 1.82) is 5.26 Å². The molecular formula is C15H18N2. The summed E-state index contributed by atoms with van der Waals surface area (Å²) in [5, 5.41) is 8.93. The van der Waals surface area contributed by atoms with Crippen molar-refractivity contribution >= 4 is 0 Å². The molecule has 0 radical (unpaired) electrons. The van der Waals surface area contributed by atoms with E-state index in [-0.39, 0.29) is 0 Å². The molecule has 3 saturated heterocycles. The molecule has 1 aromatic rings. The summed E-state index contributed by atoms with van der Waals surface area (Å²) >= 11 is 0. The molecule has 0 saturated carbocycles. The molecule has 3 fully saturated rings. The van der Waals surface area contributed by atoms with E-state index in [1.54, 1.807) is 0 Å². The minimum atomic E-state index is 0.590. The fraction of sp³-hybridized carbons (Fsp3) is 0.533. The number of nitriles is 1. The van der Waals surface area contributed by atoms with Crippen LogP contribution in [0.1, 0.15) is 24.3 Å². The topological polar surface area (TPSA) is 27.0 Å². The van der Waals surface area contributed by atoms with E-state index in [1.165, 1.54) is 25.1 Å². The number of hydrogen-bond donors (Lipinski definition) is 0. The predicted octanol–water partition coefficient (Wildman–Crippen LogP) is 2.64. The smallest absolute Gasteiger partial charge is 0.0625 e. The van der Waals surface area contributed by atoms with Crippen LogP contribution in [0.25, 0.3) is 0 Å². The van der Waals surface area contributed by atoms with Gasteiger partial charge in [0.15, 0.2) is 0 Å². The predicted molar refractivity (Wildman–Crippen MR) is 67.5 cm³/mol. The second-order valence-corrected chi connectivity index (χ2v) is 5.35. The summed E-state index contributed by atoms with van der Waals surface area (Å²) in [6.07, 6.45) is 2.00. The monoisotopic (exact) mass is 226 g/mol. The first-order valence-electron chi connectivity index (χ1n) is 6.52. The quantitative estimate of drug-likeness (QED) is 0.775. The van der Waals surface area contributed by atoms with Crippen molar-refractivity contribution in [1.82, 2.24) is 4.90 Å². The molecule has 0 aromatic heterocycles. The van der Waals surface area contributed by atoms with Crippen LogP contribution < -0.4 is 0 Å². The lowest BCUT2D eigenvalue weighted by Gasteiger charge is -2.49. The maximum atomic E-state index is 8.93. The van der Waals surface area contributed by atoms with Crippen molar-refractivity contribution < 1.29 is 0 Å². The molecule has 4 rings (SSSR count). The van der Waals surface area contributed by atoms with Crippen LogP contribution in [0.2, 0.25) is 0 Å². The number of hydrogen-bond acceptors (Lipinski definition) is 2. The Balaban J connectivity index is 1.85. The van der Waals surface area contributed by atoms with Gasteiger partial charge >= 0.3 is 0 Å². The van der Waals surface area contributed by atoms with Crippen molar-refractivity contribution in [2.75, 3.05) is 19.6 Å². The molecule has 0 N–H and O–H groups in total. The Morgan fingerprint density at radius 1 is 1.24 bits per heavy atom. The Morgan fingerprint density at radius 2 is 2.06 bits per heavy atom. The summed E-state index contributed by atoms with van der Waals surface area (Å²) in [6, 6.07) is 13.2. The molecule has 2 nitrogen and oxygen atoms in total. The number of fused-ring (bicyclic) bond motifs is 3. The van der Waals surface area contributed by atoms with Crippen LogP contribution in [0, 0.1) is 23.2 Å². The average Bonchev–Trinajstić information content (AvgIpc) is 2.41. The molecule has 88 valence electrons. The third-order valence-corrected chi connectivity index (χ3v) is 4.43. The molecule has 3 aliphatic rings. The highest BCUT2D eigenvalue weighted by Crippen LogP contribution is 2.43. The van der Waals surface area contributed by atoms with E-state index < -0.39 is 0 Å². The molecule has 0 spiro atoms.